The van der Waals surface area contributed by atoms with Gasteiger partial charge in [0.15, 0.2) is 11.5 Å². The summed E-state index contributed by atoms with van der Waals surface area (Å²) in [4.78, 5) is 0. The van der Waals surface area contributed by atoms with Crippen molar-refractivity contribution in [2.45, 2.75) is 19.3 Å². The Morgan fingerprint density at radius 3 is 2.82 bits per heavy atom. The fourth-order valence-corrected chi connectivity index (χ4v) is 2.03. The number of phenols is 1. The fraction of sp³-hybridized carbons (Fsp3) is 0.500. The Morgan fingerprint density at radius 2 is 2.06 bits per heavy atom. The Bertz CT molecular complexity index is 406. The molecule has 0 atom stereocenters. The van der Waals surface area contributed by atoms with E-state index < -0.39 is 0 Å². The van der Waals surface area contributed by atoms with E-state index in [4.69, 9.17) is 26.2 Å². The minimum atomic E-state index is 0.0179. The molecule has 0 radical (unpaired) electrons. The van der Waals surface area contributed by atoms with E-state index in [1.54, 1.807) is 6.07 Å². The number of aromatic hydroxyl groups is 1. The van der Waals surface area contributed by atoms with Gasteiger partial charge in [-0.05, 0) is 12.8 Å². The van der Waals surface area contributed by atoms with Crippen molar-refractivity contribution in [1.82, 2.24) is 0 Å². The van der Waals surface area contributed by atoms with Gasteiger partial charge in [-0.25, -0.2) is 0 Å². The second-order valence-electron chi connectivity index (χ2n) is 3.89. The summed E-state index contributed by atoms with van der Waals surface area (Å²) in [5.41, 5.74) is 0.614. The van der Waals surface area contributed by atoms with Crippen LogP contribution in [-0.4, -0.2) is 30.0 Å². The molecule has 1 heterocycles. The van der Waals surface area contributed by atoms with E-state index in [1.807, 2.05) is 0 Å². The second kappa shape index (κ2) is 5.47. The van der Waals surface area contributed by atoms with Crippen LogP contribution in [0, 0.1) is 0 Å². The van der Waals surface area contributed by atoms with Crippen LogP contribution in [0.4, 0.5) is 0 Å². The van der Waals surface area contributed by atoms with Crippen LogP contribution < -0.4 is 9.47 Å². The summed E-state index contributed by atoms with van der Waals surface area (Å²) in [5, 5.41) is 19.0. The molecular formula is C12H15ClO4. The van der Waals surface area contributed by atoms with Crippen molar-refractivity contribution >= 4 is 11.6 Å². The van der Waals surface area contributed by atoms with E-state index in [2.05, 4.69) is 0 Å². The zero-order valence-corrected chi connectivity index (χ0v) is 10.2. The number of fused-ring (bicyclic) bond motifs is 1. The molecule has 94 valence electrons. The van der Waals surface area contributed by atoms with E-state index in [0.29, 0.717) is 43.1 Å². The molecule has 1 aliphatic heterocycles. The number of phenolic OH excluding ortho intramolecular Hbond substituents is 1. The van der Waals surface area contributed by atoms with E-state index >= 15 is 0 Å². The van der Waals surface area contributed by atoms with Crippen molar-refractivity contribution in [3.05, 3.63) is 16.7 Å². The number of hydrogen-bond acceptors (Lipinski definition) is 4. The van der Waals surface area contributed by atoms with Crippen LogP contribution in [0.2, 0.25) is 5.02 Å². The first-order chi connectivity index (χ1) is 8.24. The lowest BCUT2D eigenvalue weighted by Crippen LogP contribution is -2.00. The molecule has 17 heavy (non-hydrogen) atoms. The number of benzene rings is 1. The third-order valence-corrected chi connectivity index (χ3v) is 2.93. The molecule has 0 saturated carbocycles. The van der Waals surface area contributed by atoms with Crippen molar-refractivity contribution in [2.24, 2.45) is 0 Å². The molecule has 5 heteroatoms. The van der Waals surface area contributed by atoms with Crippen molar-refractivity contribution < 1.29 is 19.7 Å². The van der Waals surface area contributed by atoms with Gasteiger partial charge in [-0.15, -0.1) is 0 Å². The molecule has 1 aromatic rings. The minimum Gasteiger partial charge on any atom is -0.506 e. The van der Waals surface area contributed by atoms with Gasteiger partial charge in [0.2, 0.25) is 0 Å². The molecule has 1 aromatic carbocycles. The summed E-state index contributed by atoms with van der Waals surface area (Å²) in [7, 11) is 0. The monoisotopic (exact) mass is 258 g/mol. The molecule has 0 spiro atoms. The van der Waals surface area contributed by atoms with Crippen LogP contribution in [-0.2, 0) is 6.42 Å². The average molecular weight is 259 g/mol. The molecule has 0 unspecified atom stereocenters. The van der Waals surface area contributed by atoms with Gasteiger partial charge in [0.25, 0.3) is 0 Å². The standard InChI is InChI=1S/C12H15ClO4/c13-9-7-10-12(17-6-2-5-16-10)8(11(9)15)3-1-4-14/h7,14-15H,1-6H2. The predicted molar refractivity (Wildman–Crippen MR) is 64.1 cm³/mol. The summed E-state index contributed by atoms with van der Waals surface area (Å²) in [5.74, 6) is 1.14. The zero-order chi connectivity index (χ0) is 12.3. The molecule has 1 aliphatic rings. The lowest BCUT2D eigenvalue weighted by molar-refractivity contribution is 0.284. The predicted octanol–water partition coefficient (Wildman–Crippen LogP) is 2.13. The Labute approximate surface area is 105 Å². The maximum absolute atomic E-state index is 9.92. The first-order valence-corrected chi connectivity index (χ1v) is 6.02. The summed E-state index contributed by atoms with van der Waals surface area (Å²) < 4.78 is 11.1. The average Bonchev–Trinajstić information content (AvgIpc) is 2.55. The first-order valence-electron chi connectivity index (χ1n) is 5.65. The number of hydrogen-bond donors (Lipinski definition) is 2. The van der Waals surface area contributed by atoms with Gasteiger partial charge in [-0.2, -0.15) is 0 Å². The van der Waals surface area contributed by atoms with Crippen molar-refractivity contribution in [1.29, 1.82) is 0 Å². The van der Waals surface area contributed by atoms with E-state index in [-0.39, 0.29) is 17.4 Å². The molecule has 0 saturated heterocycles. The maximum atomic E-state index is 9.92. The van der Waals surface area contributed by atoms with Crippen LogP contribution >= 0.6 is 11.6 Å². The van der Waals surface area contributed by atoms with E-state index in [1.165, 1.54) is 0 Å². The lowest BCUT2D eigenvalue weighted by Gasteiger charge is -2.15. The van der Waals surface area contributed by atoms with Crippen LogP contribution in [0.5, 0.6) is 17.2 Å². The minimum absolute atomic E-state index is 0.0179. The number of rotatable bonds is 3. The van der Waals surface area contributed by atoms with Crippen molar-refractivity contribution in [3.8, 4) is 17.2 Å². The fourth-order valence-electron chi connectivity index (χ4n) is 1.82. The molecule has 0 fully saturated rings. The smallest absolute Gasteiger partial charge is 0.168 e. The SMILES string of the molecule is OCCCc1c(O)c(Cl)cc2c1OCCCO2. The van der Waals surface area contributed by atoms with Crippen LogP contribution in [0.25, 0.3) is 0 Å². The van der Waals surface area contributed by atoms with Gasteiger partial charge < -0.3 is 19.7 Å². The molecule has 0 bridgehead atoms. The highest BCUT2D eigenvalue weighted by molar-refractivity contribution is 6.32. The van der Waals surface area contributed by atoms with Crippen molar-refractivity contribution in [2.75, 3.05) is 19.8 Å². The summed E-state index contributed by atoms with van der Waals surface area (Å²) >= 11 is 5.93. The maximum Gasteiger partial charge on any atom is 0.168 e. The Balaban J connectivity index is 2.42. The van der Waals surface area contributed by atoms with Crippen LogP contribution in [0.1, 0.15) is 18.4 Å². The van der Waals surface area contributed by atoms with Gasteiger partial charge in [0.05, 0.1) is 18.2 Å². The second-order valence-corrected chi connectivity index (χ2v) is 4.30. The van der Waals surface area contributed by atoms with Crippen LogP contribution in [0.3, 0.4) is 0 Å². The largest absolute Gasteiger partial charge is 0.506 e. The summed E-state index contributed by atoms with van der Waals surface area (Å²) in [6.07, 6.45) is 1.85. The first kappa shape index (κ1) is 12.3. The molecule has 0 aromatic heterocycles. The van der Waals surface area contributed by atoms with Gasteiger partial charge in [-0.1, -0.05) is 11.6 Å². The molecule has 2 N–H and O–H groups in total. The van der Waals surface area contributed by atoms with Crippen LogP contribution in [0.15, 0.2) is 6.07 Å². The van der Waals surface area contributed by atoms with Gasteiger partial charge >= 0.3 is 0 Å². The number of aliphatic hydroxyl groups excluding tert-OH is 1. The number of aliphatic hydroxyl groups is 1. The normalized spacial score (nSPS) is 14.5. The summed E-state index contributed by atoms with van der Waals surface area (Å²) in [6.45, 7) is 1.19. The summed E-state index contributed by atoms with van der Waals surface area (Å²) in [6, 6.07) is 1.57. The lowest BCUT2D eigenvalue weighted by atomic mass is 10.1. The molecule has 2 rings (SSSR count). The van der Waals surface area contributed by atoms with Gasteiger partial charge in [-0.3, -0.25) is 0 Å². The highest BCUT2D eigenvalue weighted by atomic mass is 35.5. The van der Waals surface area contributed by atoms with Crippen molar-refractivity contribution in [3.63, 3.8) is 0 Å². The zero-order valence-electron chi connectivity index (χ0n) is 9.41. The highest BCUT2D eigenvalue weighted by Crippen LogP contribution is 2.43. The Hall–Kier alpha value is -1.13. The number of ether oxygens (including phenoxy) is 2. The Kier molecular flexibility index (Phi) is 3.97. The van der Waals surface area contributed by atoms with Gasteiger partial charge in [0, 0.05) is 24.7 Å². The third-order valence-electron chi connectivity index (χ3n) is 2.65. The molecular weight excluding hydrogens is 244 g/mol. The molecule has 0 amide bonds. The molecule has 0 aliphatic carbocycles. The quantitative estimate of drug-likeness (QED) is 0.872. The number of halogens is 1. The topological polar surface area (TPSA) is 58.9 Å². The Morgan fingerprint density at radius 1 is 1.29 bits per heavy atom. The highest BCUT2D eigenvalue weighted by Gasteiger charge is 2.20. The molecule has 4 nitrogen and oxygen atoms in total. The third kappa shape index (κ3) is 2.58. The van der Waals surface area contributed by atoms with E-state index in [0.717, 1.165) is 6.42 Å². The van der Waals surface area contributed by atoms with E-state index in [9.17, 15) is 5.11 Å². The van der Waals surface area contributed by atoms with Gasteiger partial charge in [0.1, 0.15) is 5.75 Å².